The van der Waals surface area contributed by atoms with Gasteiger partial charge in [-0.05, 0) is 60.9 Å². The number of hydrogen-bond donors (Lipinski definition) is 1. The molecule has 0 unspecified atom stereocenters. The predicted molar refractivity (Wildman–Crippen MR) is 117 cm³/mol. The third kappa shape index (κ3) is 4.36. The molecular formula is C21H22N4OS2. The molecule has 5 nitrogen and oxygen atoms in total. The Balaban J connectivity index is 1.33. The fourth-order valence-corrected chi connectivity index (χ4v) is 4.52. The van der Waals surface area contributed by atoms with Crippen LogP contribution in [0.4, 0.5) is 11.5 Å². The van der Waals surface area contributed by atoms with Crippen LogP contribution in [0.3, 0.4) is 0 Å². The molecule has 4 rings (SSSR count). The summed E-state index contributed by atoms with van der Waals surface area (Å²) in [5.41, 5.74) is 1.77. The molecule has 0 aliphatic carbocycles. The summed E-state index contributed by atoms with van der Waals surface area (Å²) >= 11 is 3.34. The lowest BCUT2D eigenvalue weighted by Gasteiger charge is -2.31. The molecule has 0 atom stereocenters. The molecule has 144 valence electrons. The maximum Gasteiger partial charge on any atom is 0.227 e. The van der Waals surface area contributed by atoms with Crippen molar-refractivity contribution in [1.29, 1.82) is 0 Å². The molecular weight excluding hydrogens is 388 g/mol. The van der Waals surface area contributed by atoms with Crippen molar-refractivity contribution in [2.24, 2.45) is 5.92 Å². The molecule has 3 heterocycles. The quantitative estimate of drug-likeness (QED) is 0.613. The molecule has 0 bridgehead atoms. The van der Waals surface area contributed by atoms with Gasteiger partial charge in [0.1, 0.15) is 5.69 Å². The average molecular weight is 411 g/mol. The van der Waals surface area contributed by atoms with Gasteiger partial charge in [0.25, 0.3) is 0 Å². The minimum atomic E-state index is 0.0348. The van der Waals surface area contributed by atoms with E-state index in [1.54, 1.807) is 23.1 Å². The molecule has 7 heteroatoms. The van der Waals surface area contributed by atoms with Gasteiger partial charge in [-0.2, -0.15) is 0 Å². The standard InChI is InChI=1S/C21H22N4OS2/c1-27-17-5-2-4-16(14-17)22-21(26)15-9-11-25(12-10-15)20-8-7-18(23-24-20)19-6-3-13-28-19/h2-8,13-15H,9-12H2,1H3,(H,22,26). The predicted octanol–water partition coefficient (Wildman–Crippen LogP) is 4.78. The number of hydrogen-bond acceptors (Lipinski definition) is 6. The molecule has 1 aromatic carbocycles. The Kier molecular flexibility index (Phi) is 5.92. The van der Waals surface area contributed by atoms with Gasteiger partial charge in [-0.3, -0.25) is 4.79 Å². The van der Waals surface area contributed by atoms with Crippen molar-refractivity contribution in [3.8, 4) is 10.6 Å². The van der Waals surface area contributed by atoms with E-state index in [1.807, 2.05) is 60.2 Å². The monoisotopic (exact) mass is 410 g/mol. The number of nitrogens with zero attached hydrogens (tertiary/aromatic N) is 3. The van der Waals surface area contributed by atoms with Gasteiger partial charge in [0.2, 0.25) is 5.91 Å². The van der Waals surface area contributed by atoms with E-state index in [1.165, 1.54) is 0 Å². The second kappa shape index (κ2) is 8.75. The highest BCUT2D eigenvalue weighted by Crippen LogP contribution is 2.26. The van der Waals surface area contributed by atoms with Crippen molar-refractivity contribution in [2.45, 2.75) is 17.7 Å². The van der Waals surface area contributed by atoms with E-state index in [0.717, 1.165) is 52.9 Å². The summed E-state index contributed by atoms with van der Waals surface area (Å²) in [4.78, 5) is 17.1. The van der Waals surface area contributed by atoms with Crippen molar-refractivity contribution < 1.29 is 4.79 Å². The molecule has 1 aliphatic heterocycles. The number of rotatable bonds is 5. The van der Waals surface area contributed by atoms with Gasteiger partial charge in [0.15, 0.2) is 5.82 Å². The number of thiophene rings is 1. The van der Waals surface area contributed by atoms with Crippen LogP contribution in [0.15, 0.2) is 58.8 Å². The van der Waals surface area contributed by atoms with Crippen molar-refractivity contribution in [3.05, 3.63) is 53.9 Å². The summed E-state index contributed by atoms with van der Waals surface area (Å²) in [5, 5.41) is 13.9. The van der Waals surface area contributed by atoms with Crippen LogP contribution in [0.1, 0.15) is 12.8 Å². The molecule has 1 saturated heterocycles. The largest absolute Gasteiger partial charge is 0.355 e. The Labute approximate surface area is 173 Å². The minimum absolute atomic E-state index is 0.0348. The number of carbonyl (C=O) groups is 1. The lowest BCUT2D eigenvalue weighted by Crippen LogP contribution is -2.38. The average Bonchev–Trinajstić information content (AvgIpc) is 3.29. The first-order chi connectivity index (χ1) is 13.7. The Morgan fingerprint density at radius 2 is 2.00 bits per heavy atom. The normalized spacial score (nSPS) is 14.8. The number of anilines is 2. The summed E-state index contributed by atoms with van der Waals surface area (Å²) in [6.07, 6.45) is 3.68. The lowest BCUT2D eigenvalue weighted by molar-refractivity contribution is -0.120. The van der Waals surface area contributed by atoms with Crippen molar-refractivity contribution in [3.63, 3.8) is 0 Å². The number of carbonyl (C=O) groups excluding carboxylic acids is 1. The van der Waals surface area contributed by atoms with E-state index in [4.69, 9.17) is 0 Å². The molecule has 1 N–H and O–H groups in total. The van der Waals surface area contributed by atoms with Crippen LogP contribution in [0.2, 0.25) is 0 Å². The topological polar surface area (TPSA) is 58.1 Å². The smallest absolute Gasteiger partial charge is 0.227 e. The number of piperidine rings is 1. The first-order valence-electron chi connectivity index (χ1n) is 9.30. The summed E-state index contributed by atoms with van der Waals surface area (Å²) in [6, 6.07) is 16.1. The zero-order valence-electron chi connectivity index (χ0n) is 15.7. The Morgan fingerprint density at radius 1 is 1.14 bits per heavy atom. The summed E-state index contributed by atoms with van der Waals surface area (Å²) in [6.45, 7) is 1.63. The SMILES string of the molecule is CSc1cccc(NC(=O)C2CCN(c3ccc(-c4cccs4)nn3)CC2)c1. The highest BCUT2D eigenvalue weighted by atomic mass is 32.2. The zero-order valence-corrected chi connectivity index (χ0v) is 17.3. The van der Waals surface area contributed by atoms with E-state index in [0.29, 0.717) is 0 Å². The van der Waals surface area contributed by atoms with Crippen molar-refractivity contribution in [2.75, 3.05) is 29.6 Å². The van der Waals surface area contributed by atoms with Crippen LogP contribution in [0.25, 0.3) is 10.6 Å². The molecule has 1 amide bonds. The van der Waals surface area contributed by atoms with Crippen LogP contribution in [-0.2, 0) is 4.79 Å². The molecule has 3 aromatic rings. The Hall–Kier alpha value is -2.38. The molecule has 0 radical (unpaired) electrons. The zero-order chi connectivity index (χ0) is 19.3. The van der Waals surface area contributed by atoms with Gasteiger partial charge < -0.3 is 10.2 Å². The fraction of sp³-hybridized carbons (Fsp3) is 0.286. The van der Waals surface area contributed by atoms with E-state index >= 15 is 0 Å². The van der Waals surface area contributed by atoms with Gasteiger partial charge in [-0.15, -0.1) is 33.3 Å². The first-order valence-corrected chi connectivity index (χ1v) is 11.4. The molecule has 1 fully saturated rings. The Morgan fingerprint density at radius 3 is 2.68 bits per heavy atom. The van der Waals surface area contributed by atoms with Crippen LogP contribution in [0, 0.1) is 5.92 Å². The minimum Gasteiger partial charge on any atom is -0.355 e. The van der Waals surface area contributed by atoms with E-state index in [9.17, 15) is 4.79 Å². The van der Waals surface area contributed by atoms with Gasteiger partial charge in [-0.25, -0.2) is 0 Å². The molecule has 0 saturated carbocycles. The number of nitrogens with one attached hydrogen (secondary N) is 1. The lowest BCUT2D eigenvalue weighted by atomic mass is 9.96. The molecule has 2 aromatic heterocycles. The van der Waals surface area contributed by atoms with Crippen molar-refractivity contribution in [1.82, 2.24) is 10.2 Å². The second-order valence-electron chi connectivity index (χ2n) is 6.74. The molecule has 1 aliphatic rings. The maximum atomic E-state index is 12.6. The summed E-state index contributed by atoms with van der Waals surface area (Å²) in [5.74, 6) is 1.02. The van der Waals surface area contributed by atoms with Gasteiger partial charge >= 0.3 is 0 Å². The van der Waals surface area contributed by atoms with Gasteiger partial charge in [0.05, 0.1) is 4.88 Å². The van der Waals surface area contributed by atoms with E-state index in [-0.39, 0.29) is 11.8 Å². The second-order valence-corrected chi connectivity index (χ2v) is 8.56. The third-order valence-corrected chi connectivity index (χ3v) is 6.57. The van der Waals surface area contributed by atoms with Crippen molar-refractivity contribution >= 4 is 40.5 Å². The van der Waals surface area contributed by atoms with Crippen LogP contribution >= 0.6 is 23.1 Å². The number of benzene rings is 1. The van der Waals surface area contributed by atoms with E-state index < -0.39 is 0 Å². The van der Waals surface area contributed by atoms with Crippen LogP contribution in [-0.4, -0.2) is 35.4 Å². The van der Waals surface area contributed by atoms with Crippen LogP contribution in [0.5, 0.6) is 0 Å². The fourth-order valence-electron chi connectivity index (χ4n) is 3.37. The Bertz CT molecular complexity index is 920. The molecule has 28 heavy (non-hydrogen) atoms. The summed E-state index contributed by atoms with van der Waals surface area (Å²) < 4.78 is 0. The van der Waals surface area contributed by atoms with Crippen LogP contribution < -0.4 is 10.2 Å². The number of amides is 1. The van der Waals surface area contributed by atoms with Gasteiger partial charge in [0, 0.05) is 29.6 Å². The third-order valence-electron chi connectivity index (χ3n) is 4.95. The highest BCUT2D eigenvalue weighted by molar-refractivity contribution is 7.98. The first kappa shape index (κ1) is 19.0. The number of thioether (sulfide) groups is 1. The van der Waals surface area contributed by atoms with E-state index in [2.05, 4.69) is 20.4 Å². The number of aromatic nitrogens is 2. The maximum absolute atomic E-state index is 12.6. The summed E-state index contributed by atoms with van der Waals surface area (Å²) in [7, 11) is 0. The van der Waals surface area contributed by atoms with Gasteiger partial charge in [-0.1, -0.05) is 12.1 Å². The highest BCUT2D eigenvalue weighted by Gasteiger charge is 2.26. The molecule has 0 spiro atoms.